The van der Waals surface area contributed by atoms with Gasteiger partial charge >= 0.3 is 0 Å². The van der Waals surface area contributed by atoms with Gasteiger partial charge < -0.3 is 47.0 Å². The molecule has 0 saturated carbocycles. The van der Waals surface area contributed by atoms with Gasteiger partial charge in [-0.2, -0.15) is 0 Å². The van der Waals surface area contributed by atoms with Crippen molar-refractivity contribution < 1.29 is 37.9 Å². The van der Waals surface area contributed by atoms with Gasteiger partial charge in [-0.05, 0) is 75.9 Å². The smallest absolute Gasteiger partial charge is 0.164 e. The third kappa shape index (κ3) is 6.81. The predicted molar refractivity (Wildman–Crippen MR) is 224 cm³/mol. The maximum absolute atomic E-state index is 6.57. The molecule has 0 N–H and O–H groups in total. The van der Waals surface area contributed by atoms with Gasteiger partial charge in [-0.3, -0.25) is 0 Å². The van der Waals surface area contributed by atoms with E-state index in [0.29, 0.717) is 34.8 Å². The predicted octanol–water partition coefficient (Wildman–Crippen LogP) is 9.06. The molecule has 12 heterocycles. The molecule has 14 nitrogen and oxygen atoms in total. The average Bonchev–Trinajstić information content (AvgIpc) is 4.06. The minimum absolute atomic E-state index is 0.263. The van der Waals surface area contributed by atoms with E-state index in [1.54, 1.807) is 22.7 Å². The summed E-state index contributed by atoms with van der Waals surface area (Å²) in [5, 5.41) is 2.34. The van der Waals surface area contributed by atoms with E-state index in [9.17, 15) is 0 Å². The highest BCUT2D eigenvalue weighted by Crippen LogP contribution is 2.52. The van der Waals surface area contributed by atoms with Gasteiger partial charge in [-0.25, -0.2) is 19.9 Å². The van der Waals surface area contributed by atoms with Crippen LogP contribution in [0.15, 0.2) is 49.3 Å². The summed E-state index contributed by atoms with van der Waals surface area (Å²) < 4.78 is 56.1. The Kier molecular flexibility index (Phi) is 10.1. The van der Waals surface area contributed by atoms with E-state index in [4.69, 9.17) is 84.3 Å². The van der Waals surface area contributed by atoms with E-state index < -0.39 is 24.0 Å². The quantitative estimate of drug-likeness (QED) is 0.156. The van der Waals surface area contributed by atoms with Crippen LogP contribution in [-0.2, 0) is 50.7 Å². The number of ether oxygens (including phenoxy) is 8. The molecule has 4 saturated heterocycles. The van der Waals surface area contributed by atoms with Crippen molar-refractivity contribution in [1.29, 1.82) is 0 Å². The lowest BCUT2D eigenvalue weighted by Gasteiger charge is -2.31. The molecule has 0 spiro atoms. The van der Waals surface area contributed by atoms with Crippen molar-refractivity contribution in [3.05, 3.63) is 89.2 Å². The van der Waals surface area contributed by atoms with E-state index in [1.807, 2.05) is 73.5 Å². The minimum atomic E-state index is -0.726. The van der Waals surface area contributed by atoms with Gasteiger partial charge in [0.15, 0.2) is 24.0 Å². The molecule has 6 aliphatic rings. The molecule has 0 bridgehead atoms. The van der Waals surface area contributed by atoms with Crippen molar-refractivity contribution in [3.8, 4) is 0 Å². The van der Waals surface area contributed by atoms with Gasteiger partial charge in [0, 0.05) is 22.1 Å². The lowest BCUT2D eigenvalue weighted by molar-refractivity contribution is -0.212. The molecular weight excluding hydrogens is 898 g/mol. The van der Waals surface area contributed by atoms with Crippen molar-refractivity contribution in [2.75, 3.05) is 13.2 Å². The number of hydrogen-bond acceptors (Lipinski definition) is 14. The molecule has 0 amide bonds. The van der Waals surface area contributed by atoms with Crippen molar-refractivity contribution in [3.63, 3.8) is 0 Å². The van der Waals surface area contributed by atoms with Crippen LogP contribution < -0.4 is 0 Å². The second-order valence-corrected chi connectivity index (χ2v) is 20.5. The second kappa shape index (κ2) is 15.0. The summed E-state index contributed by atoms with van der Waals surface area (Å²) >= 11 is 28.2. The zero-order valence-electron chi connectivity index (χ0n) is 32.5. The SMILES string of the molecule is CC1(C)O[C@H]2[C@@H](O1)[C@H](n1ccc3c(Cl)ncnc31)O[C@@H]2[C@@H]1OCCc2cc(Cl)sc21.CC1(C)O[C@H]2[C@@H](O1)[C@H](n1ccc3c(Cl)ncnc31)O[C@@H]2[C@H]1OCCc2cc(Cl)sc21. The van der Waals surface area contributed by atoms with Crippen LogP contribution in [-0.4, -0.2) is 90.5 Å². The lowest BCUT2D eigenvalue weighted by Crippen LogP contribution is -2.36. The third-order valence-corrected chi connectivity index (χ3v) is 15.0. The summed E-state index contributed by atoms with van der Waals surface area (Å²) in [6, 6.07) is 7.82. The Morgan fingerprint density at radius 1 is 0.583 bits per heavy atom. The molecule has 60 heavy (non-hydrogen) atoms. The summed E-state index contributed by atoms with van der Waals surface area (Å²) in [4.78, 5) is 19.2. The molecule has 0 radical (unpaired) electrons. The van der Waals surface area contributed by atoms with Crippen LogP contribution in [0.5, 0.6) is 0 Å². The monoisotopic (exact) mass is 934 g/mol. The van der Waals surface area contributed by atoms with Crippen LogP contribution in [0.4, 0.5) is 0 Å². The van der Waals surface area contributed by atoms with Gasteiger partial charge in [0.25, 0.3) is 0 Å². The van der Waals surface area contributed by atoms with E-state index in [0.717, 1.165) is 42.0 Å². The molecule has 12 rings (SSSR count). The first-order chi connectivity index (χ1) is 28.8. The van der Waals surface area contributed by atoms with Gasteiger partial charge in [-0.15, -0.1) is 22.7 Å². The number of rotatable bonds is 4. The largest absolute Gasteiger partial charge is 0.369 e. The number of nitrogens with zero attached hydrogens (tertiary/aromatic N) is 6. The van der Waals surface area contributed by atoms with Crippen LogP contribution in [0.2, 0.25) is 19.0 Å². The summed E-state index contributed by atoms with van der Waals surface area (Å²) in [6.07, 6.45) is 5.09. The summed E-state index contributed by atoms with van der Waals surface area (Å²) in [7, 11) is 0. The van der Waals surface area contributed by atoms with Crippen molar-refractivity contribution in [1.82, 2.24) is 29.1 Å². The van der Waals surface area contributed by atoms with Gasteiger partial charge in [0.1, 0.15) is 83.1 Å². The molecule has 6 aromatic heterocycles. The highest BCUT2D eigenvalue weighted by Gasteiger charge is 2.60. The summed E-state index contributed by atoms with van der Waals surface area (Å²) in [6.45, 7) is 8.91. The molecule has 0 aliphatic carbocycles. The van der Waals surface area contributed by atoms with Crippen LogP contribution in [0, 0.1) is 0 Å². The molecule has 0 aromatic carbocycles. The number of halogens is 4. The van der Waals surface area contributed by atoms with Crippen LogP contribution >= 0.6 is 69.1 Å². The van der Waals surface area contributed by atoms with Crippen molar-refractivity contribution in [2.24, 2.45) is 0 Å². The summed E-state index contributed by atoms with van der Waals surface area (Å²) in [5.74, 6) is -1.45. The first-order valence-electron chi connectivity index (χ1n) is 19.6. The highest BCUT2D eigenvalue weighted by molar-refractivity contribution is 7.16. The molecule has 316 valence electrons. The molecule has 6 aromatic rings. The molecule has 10 atom stereocenters. The Bertz CT molecular complexity index is 2440. The van der Waals surface area contributed by atoms with Crippen LogP contribution in [0.3, 0.4) is 0 Å². The Balaban J connectivity index is 0.000000136. The van der Waals surface area contributed by atoms with E-state index in [-0.39, 0.29) is 48.8 Å². The van der Waals surface area contributed by atoms with E-state index in [1.165, 1.54) is 23.8 Å². The molecular formula is C40H38Cl4N6O8S2. The Hall–Kier alpha value is -2.52. The normalized spacial score (nSPS) is 32.5. The van der Waals surface area contributed by atoms with Crippen molar-refractivity contribution in [2.45, 2.75) is 113 Å². The Morgan fingerprint density at radius 3 is 1.43 bits per heavy atom. The van der Waals surface area contributed by atoms with E-state index in [2.05, 4.69) is 19.9 Å². The molecule has 0 unspecified atom stereocenters. The van der Waals surface area contributed by atoms with Gasteiger partial charge in [0.05, 0.1) is 32.7 Å². The van der Waals surface area contributed by atoms with Crippen LogP contribution in [0.1, 0.15) is 73.2 Å². The third-order valence-electron chi connectivity index (χ3n) is 11.7. The zero-order valence-corrected chi connectivity index (χ0v) is 37.2. The average molecular weight is 937 g/mol. The highest BCUT2D eigenvalue weighted by atomic mass is 35.5. The number of thiophene rings is 2. The number of fused-ring (bicyclic) bond motifs is 6. The molecule has 4 fully saturated rings. The summed E-state index contributed by atoms with van der Waals surface area (Å²) in [5.41, 5.74) is 3.82. The van der Waals surface area contributed by atoms with E-state index >= 15 is 0 Å². The van der Waals surface area contributed by atoms with Gasteiger partial charge in [-0.1, -0.05) is 46.4 Å². The topological polar surface area (TPSA) is 135 Å². The fourth-order valence-corrected chi connectivity index (χ4v) is 12.5. The fourth-order valence-electron chi connectivity index (χ4n) is 9.36. The maximum atomic E-state index is 6.57. The molecule has 20 heteroatoms. The Labute approximate surface area is 371 Å². The maximum Gasteiger partial charge on any atom is 0.164 e. The molecule has 6 aliphatic heterocycles. The lowest BCUT2D eigenvalue weighted by atomic mass is 9.99. The Morgan fingerprint density at radius 2 is 1.00 bits per heavy atom. The number of aromatic nitrogens is 6. The van der Waals surface area contributed by atoms with Crippen molar-refractivity contribution >= 4 is 91.1 Å². The first-order valence-corrected chi connectivity index (χ1v) is 22.7. The standard InChI is InChI=1S/2C20H19Cl2N3O4S/c2*1-20(2)28-13-12(14-16-9(4-6-26-14)7-11(21)30-16)27-19(15(13)29-20)25-5-3-10-17(22)23-8-24-18(10)25/h2*3,5,7-8,12-15,19H,4,6H2,1-2H3/t12-,13+,14+,15+,19+;12-,13+,14-,15+,19+/m00/s1. The second-order valence-electron chi connectivity index (χ2n) is 16.3. The number of hydrogen-bond donors (Lipinski definition) is 0. The fraction of sp³-hybridized carbons (Fsp3) is 0.500. The van der Waals surface area contributed by atoms with Crippen LogP contribution in [0.25, 0.3) is 22.1 Å². The zero-order chi connectivity index (χ0) is 41.2. The minimum Gasteiger partial charge on any atom is -0.369 e. The first kappa shape index (κ1) is 40.3. The van der Waals surface area contributed by atoms with Gasteiger partial charge in [0.2, 0.25) is 0 Å².